The Kier molecular flexibility index (Phi) is 4.89. The zero-order chi connectivity index (χ0) is 14.4. The van der Waals surface area contributed by atoms with Crippen molar-refractivity contribution < 1.29 is 14.3 Å². The fourth-order valence-electron chi connectivity index (χ4n) is 1.58. The summed E-state index contributed by atoms with van der Waals surface area (Å²) in [6, 6.07) is 7.26. The van der Waals surface area contributed by atoms with Crippen LogP contribution in [0.15, 0.2) is 24.3 Å². The van der Waals surface area contributed by atoms with Gasteiger partial charge in [-0.2, -0.15) is 0 Å². The Hall–Kier alpha value is -2.15. The Morgan fingerprint density at radius 1 is 1.35 bits per heavy atom. The molecule has 0 radical (unpaired) electrons. The van der Waals surface area contributed by atoms with E-state index in [-0.39, 0.29) is 25.0 Å². The first-order chi connectivity index (χ1) is 9.69. The maximum absolute atomic E-state index is 11.6. The van der Waals surface area contributed by atoms with Crippen molar-refractivity contribution in [2.24, 2.45) is 0 Å². The van der Waals surface area contributed by atoms with Gasteiger partial charge >= 0.3 is 12.0 Å². The number of rotatable bonds is 5. The molecule has 7 heteroatoms. The second kappa shape index (κ2) is 6.85. The Bertz CT molecular complexity index is 579. The van der Waals surface area contributed by atoms with Gasteiger partial charge in [-0.3, -0.25) is 10.1 Å². The van der Waals surface area contributed by atoms with E-state index in [0.29, 0.717) is 11.7 Å². The Morgan fingerprint density at radius 2 is 2.15 bits per heavy atom. The van der Waals surface area contributed by atoms with Gasteiger partial charge in [-0.15, -0.1) is 0 Å². The van der Waals surface area contributed by atoms with E-state index in [0.717, 1.165) is 10.2 Å². The minimum absolute atomic E-state index is 0.154. The molecule has 0 aliphatic heterocycles. The number of ether oxygens (including phenoxy) is 1. The van der Waals surface area contributed by atoms with Crippen LogP contribution in [0.5, 0.6) is 0 Å². The van der Waals surface area contributed by atoms with Crippen LogP contribution in [-0.2, 0) is 9.53 Å². The summed E-state index contributed by atoms with van der Waals surface area (Å²) in [5.74, 6) is -0.326. The van der Waals surface area contributed by atoms with Crippen LogP contribution in [0.25, 0.3) is 10.2 Å². The van der Waals surface area contributed by atoms with Crippen molar-refractivity contribution in [3.8, 4) is 0 Å². The zero-order valence-electron chi connectivity index (χ0n) is 11.0. The number of aromatic nitrogens is 1. The van der Waals surface area contributed by atoms with Crippen molar-refractivity contribution in [1.82, 2.24) is 10.3 Å². The summed E-state index contributed by atoms with van der Waals surface area (Å²) < 4.78 is 5.77. The summed E-state index contributed by atoms with van der Waals surface area (Å²) in [6.07, 6.45) is 0.154. The first-order valence-corrected chi connectivity index (χ1v) is 7.06. The molecule has 2 N–H and O–H groups in total. The van der Waals surface area contributed by atoms with Gasteiger partial charge in [0.15, 0.2) is 5.13 Å². The van der Waals surface area contributed by atoms with Crippen LogP contribution in [0.2, 0.25) is 0 Å². The lowest BCUT2D eigenvalue weighted by atomic mass is 10.3. The van der Waals surface area contributed by atoms with Crippen molar-refractivity contribution in [3.05, 3.63) is 24.3 Å². The number of carbonyl (C=O) groups excluding carboxylic acids is 2. The van der Waals surface area contributed by atoms with Crippen LogP contribution in [0, 0.1) is 0 Å². The average molecular weight is 293 g/mol. The molecule has 1 aromatic carbocycles. The third-order valence-electron chi connectivity index (χ3n) is 2.43. The predicted molar refractivity (Wildman–Crippen MR) is 77.9 cm³/mol. The number of benzene rings is 1. The van der Waals surface area contributed by atoms with Crippen LogP contribution in [-0.4, -0.2) is 30.1 Å². The molecule has 0 bridgehead atoms. The Labute approximate surface area is 120 Å². The lowest BCUT2D eigenvalue weighted by Gasteiger charge is -2.04. The maximum atomic E-state index is 11.6. The van der Waals surface area contributed by atoms with Gasteiger partial charge in [0.2, 0.25) is 0 Å². The zero-order valence-corrected chi connectivity index (χ0v) is 11.8. The molecule has 0 fully saturated rings. The molecular formula is C13H15N3O3S. The Morgan fingerprint density at radius 3 is 2.90 bits per heavy atom. The van der Waals surface area contributed by atoms with E-state index in [2.05, 4.69) is 15.6 Å². The number of carbonyl (C=O) groups is 2. The number of thiazole rings is 1. The number of esters is 1. The second-order valence-electron chi connectivity index (χ2n) is 3.92. The van der Waals surface area contributed by atoms with Gasteiger partial charge < -0.3 is 10.1 Å². The molecule has 0 unspecified atom stereocenters. The third kappa shape index (κ3) is 3.92. The lowest BCUT2D eigenvalue weighted by molar-refractivity contribution is -0.142. The highest BCUT2D eigenvalue weighted by atomic mass is 32.1. The van der Waals surface area contributed by atoms with Gasteiger partial charge in [0.1, 0.15) is 0 Å². The molecule has 2 aromatic rings. The highest BCUT2D eigenvalue weighted by molar-refractivity contribution is 7.22. The van der Waals surface area contributed by atoms with Crippen LogP contribution in [0.1, 0.15) is 13.3 Å². The third-order valence-corrected chi connectivity index (χ3v) is 3.39. The van der Waals surface area contributed by atoms with E-state index in [1.54, 1.807) is 6.92 Å². The van der Waals surface area contributed by atoms with Crippen molar-refractivity contribution in [2.75, 3.05) is 18.5 Å². The number of hydrogen-bond acceptors (Lipinski definition) is 5. The van der Waals surface area contributed by atoms with Crippen LogP contribution in [0.3, 0.4) is 0 Å². The maximum Gasteiger partial charge on any atom is 0.321 e. The molecule has 0 aliphatic rings. The molecule has 0 aliphatic carbocycles. The Balaban J connectivity index is 1.81. The summed E-state index contributed by atoms with van der Waals surface area (Å²) in [5.41, 5.74) is 0.847. The van der Waals surface area contributed by atoms with E-state index in [1.807, 2.05) is 24.3 Å². The highest BCUT2D eigenvalue weighted by Gasteiger charge is 2.08. The quantitative estimate of drug-likeness (QED) is 0.829. The van der Waals surface area contributed by atoms with Gasteiger partial charge in [-0.25, -0.2) is 9.78 Å². The van der Waals surface area contributed by atoms with Crippen LogP contribution in [0.4, 0.5) is 9.93 Å². The largest absolute Gasteiger partial charge is 0.466 e. The molecule has 1 heterocycles. The number of fused-ring (bicyclic) bond motifs is 1. The van der Waals surface area contributed by atoms with Gasteiger partial charge in [0, 0.05) is 6.54 Å². The van der Waals surface area contributed by atoms with E-state index < -0.39 is 0 Å². The standard InChI is InChI=1S/C13H15N3O3S/c1-2-19-11(17)7-8-14-12(18)16-13-15-9-5-3-4-6-10(9)20-13/h3-6H,2,7-8H2,1H3,(H2,14,15,16,18). The minimum atomic E-state index is -0.381. The van der Waals surface area contributed by atoms with Gasteiger partial charge in [0.25, 0.3) is 0 Å². The van der Waals surface area contributed by atoms with Crippen molar-refractivity contribution in [3.63, 3.8) is 0 Å². The van der Waals surface area contributed by atoms with E-state index >= 15 is 0 Å². The molecule has 1 aromatic heterocycles. The molecular weight excluding hydrogens is 278 g/mol. The SMILES string of the molecule is CCOC(=O)CCNC(=O)Nc1nc2ccccc2s1. The van der Waals surface area contributed by atoms with Gasteiger partial charge in [-0.05, 0) is 19.1 Å². The number of amides is 2. The molecule has 106 valence electrons. The molecule has 0 atom stereocenters. The van der Waals surface area contributed by atoms with Crippen LogP contribution < -0.4 is 10.6 Å². The van der Waals surface area contributed by atoms with Crippen LogP contribution >= 0.6 is 11.3 Å². The monoisotopic (exact) mass is 293 g/mol. The molecule has 2 rings (SSSR count). The first-order valence-electron chi connectivity index (χ1n) is 6.25. The van der Waals surface area contributed by atoms with Gasteiger partial charge in [-0.1, -0.05) is 23.5 Å². The number of urea groups is 1. The molecule has 20 heavy (non-hydrogen) atoms. The topological polar surface area (TPSA) is 80.3 Å². The van der Waals surface area contributed by atoms with E-state index in [1.165, 1.54) is 11.3 Å². The smallest absolute Gasteiger partial charge is 0.321 e. The van der Waals surface area contributed by atoms with E-state index in [9.17, 15) is 9.59 Å². The fourth-order valence-corrected chi connectivity index (χ4v) is 2.44. The molecule has 6 nitrogen and oxygen atoms in total. The summed E-state index contributed by atoms with van der Waals surface area (Å²) in [6.45, 7) is 2.32. The number of nitrogens with one attached hydrogen (secondary N) is 2. The van der Waals surface area contributed by atoms with Crippen molar-refractivity contribution >= 4 is 38.7 Å². The van der Waals surface area contributed by atoms with Gasteiger partial charge in [0.05, 0.1) is 23.2 Å². The molecule has 0 saturated carbocycles. The average Bonchev–Trinajstić information content (AvgIpc) is 2.80. The minimum Gasteiger partial charge on any atom is -0.466 e. The van der Waals surface area contributed by atoms with Crippen molar-refractivity contribution in [1.29, 1.82) is 0 Å². The molecule has 0 saturated heterocycles. The second-order valence-corrected chi connectivity index (χ2v) is 4.95. The normalized spacial score (nSPS) is 10.2. The first kappa shape index (κ1) is 14.3. The van der Waals surface area contributed by atoms with Crippen molar-refractivity contribution in [2.45, 2.75) is 13.3 Å². The summed E-state index contributed by atoms with van der Waals surface area (Å²) in [4.78, 5) is 27.0. The summed E-state index contributed by atoms with van der Waals surface area (Å²) in [7, 11) is 0. The number of para-hydroxylation sites is 1. The highest BCUT2D eigenvalue weighted by Crippen LogP contribution is 2.25. The number of hydrogen-bond donors (Lipinski definition) is 2. The number of nitrogens with zero attached hydrogens (tertiary/aromatic N) is 1. The molecule has 2 amide bonds. The number of anilines is 1. The predicted octanol–water partition coefficient (Wildman–Crippen LogP) is 2.37. The summed E-state index contributed by atoms with van der Waals surface area (Å²) >= 11 is 1.40. The summed E-state index contributed by atoms with van der Waals surface area (Å²) in [5, 5.41) is 5.75. The van der Waals surface area contributed by atoms with E-state index in [4.69, 9.17) is 4.74 Å². The lowest BCUT2D eigenvalue weighted by Crippen LogP contribution is -2.30. The molecule has 0 spiro atoms. The fraction of sp³-hybridized carbons (Fsp3) is 0.308.